The molecule has 11 heteroatoms. The van der Waals surface area contributed by atoms with E-state index >= 15 is 0 Å². The Labute approximate surface area is 298 Å². The predicted octanol–water partition coefficient (Wildman–Crippen LogP) is 6.10. The highest BCUT2D eigenvalue weighted by atomic mass is 16.8. The molecule has 6 rings (SSSR count). The Kier molecular flexibility index (Phi) is 11.4. The van der Waals surface area contributed by atoms with Crippen LogP contribution in [0.1, 0.15) is 51.8 Å². The number of esters is 5. The zero-order valence-corrected chi connectivity index (χ0v) is 27.5. The zero-order valence-electron chi connectivity index (χ0n) is 27.5. The highest BCUT2D eigenvalue weighted by molar-refractivity contribution is 5.92. The molecule has 5 atom stereocenters. The molecule has 0 spiro atoms. The van der Waals surface area contributed by atoms with E-state index in [9.17, 15) is 24.0 Å². The van der Waals surface area contributed by atoms with Crippen molar-refractivity contribution < 1.29 is 52.4 Å². The SMILES string of the molecule is O=C(OC[C@H](OC(=O)c1ccccc1)[C@@H]1O[C@H](OC(=O)c2ccccc2)[C@H](OC(=O)c2ccccc2)[C@H]1OC(=O)c1ccccc1)c1ccccc1. The van der Waals surface area contributed by atoms with Crippen molar-refractivity contribution in [2.45, 2.75) is 30.7 Å². The van der Waals surface area contributed by atoms with Gasteiger partial charge in [0.2, 0.25) is 12.4 Å². The number of carbonyl (C=O) groups is 5. The van der Waals surface area contributed by atoms with E-state index in [1.807, 2.05) is 0 Å². The van der Waals surface area contributed by atoms with E-state index in [1.54, 1.807) is 103 Å². The van der Waals surface area contributed by atoms with Crippen LogP contribution in [0.15, 0.2) is 152 Å². The fourth-order valence-corrected chi connectivity index (χ4v) is 5.37. The maximum absolute atomic E-state index is 13.6. The van der Waals surface area contributed by atoms with Crippen LogP contribution in [0.2, 0.25) is 0 Å². The summed E-state index contributed by atoms with van der Waals surface area (Å²) < 4.78 is 35.3. The summed E-state index contributed by atoms with van der Waals surface area (Å²) in [5, 5.41) is 0. The van der Waals surface area contributed by atoms with Gasteiger partial charge in [-0.1, -0.05) is 91.0 Å². The van der Waals surface area contributed by atoms with E-state index in [-0.39, 0.29) is 27.8 Å². The minimum absolute atomic E-state index is 0.146. The van der Waals surface area contributed by atoms with Gasteiger partial charge in [0.05, 0.1) is 27.8 Å². The molecule has 1 fully saturated rings. The summed E-state index contributed by atoms with van der Waals surface area (Å²) in [7, 11) is 0. The topological polar surface area (TPSA) is 141 Å². The first-order valence-corrected chi connectivity index (χ1v) is 16.3. The quantitative estimate of drug-likeness (QED) is 0.110. The molecule has 11 nitrogen and oxygen atoms in total. The van der Waals surface area contributed by atoms with Crippen molar-refractivity contribution in [1.29, 1.82) is 0 Å². The molecule has 0 unspecified atom stereocenters. The molecule has 1 aliphatic rings. The summed E-state index contributed by atoms with van der Waals surface area (Å²) in [5.74, 6) is -4.08. The molecule has 262 valence electrons. The lowest BCUT2D eigenvalue weighted by atomic mass is 10.0. The molecule has 0 aliphatic carbocycles. The highest BCUT2D eigenvalue weighted by Crippen LogP contribution is 2.33. The molecular formula is C41H32O11. The van der Waals surface area contributed by atoms with Crippen molar-refractivity contribution in [3.8, 4) is 0 Å². The Morgan fingerprint density at radius 3 is 1.21 bits per heavy atom. The second-order valence-corrected chi connectivity index (χ2v) is 11.5. The van der Waals surface area contributed by atoms with Crippen molar-refractivity contribution in [2.24, 2.45) is 0 Å². The number of hydrogen-bond donors (Lipinski definition) is 0. The molecule has 5 aromatic rings. The molecule has 0 amide bonds. The van der Waals surface area contributed by atoms with Crippen LogP contribution in [0.25, 0.3) is 0 Å². The van der Waals surface area contributed by atoms with Crippen molar-refractivity contribution in [3.05, 3.63) is 179 Å². The van der Waals surface area contributed by atoms with Gasteiger partial charge in [-0.05, 0) is 60.7 Å². The average molecular weight is 701 g/mol. The standard InChI is InChI=1S/C41H32O11/c42-36(27-16-6-1-7-17-27)47-26-32(48-37(43)28-18-8-2-9-19-28)33-34(49-38(44)29-20-10-3-11-21-29)35(50-39(45)30-22-12-4-13-23-30)41(51-33)52-40(46)31-24-14-5-15-25-31/h1-25,32-35,41H,26H2/t32-,33-,34-,35+,41+/m0/s1. The predicted molar refractivity (Wildman–Crippen MR) is 184 cm³/mol. The Balaban J connectivity index is 1.38. The van der Waals surface area contributed by atoms with Gasteiger partial charge in [0.25, 0.3) is 0 Å². The zero-order chi connectivity index (χ0) is 36.3. The molecule has 0 N–H and O–H groups in total. The van der Waals surface area contributed by atoms with Gasteiger partial charge in [-0.25, -0.2) is 24.0 Å². The van der Waals surface area contributed by atoms with Crippen LogP contribution in [-0.4, -0.2) is 67.2 Å². The Morgan fingerprint density at radius 1 is 0.442 bits per heavy atom. The fourth-order valence-electron chi connectivity index (χ4n) is 5.37. The summed E-state index contributed by atoms with van der Waals surface area (Å²) in [4.78, 5) is 67.0. The van der Waals surface area contributed by atoms with Gasteiger partial charge < -0.3 is 28.4 Å². The molecule has 0 bridgehead atoms. The fraction of sp³-hybridized carbons (Fsp3) is 0.146. The first kappa shape index (κ1) is 35.2. The Bertz CT molecular complexity index is 1970. The van der Waals surface area contributed by atoms with Crippen LogP contribution in [0.3, 0.4) is 0 Å². The van der Waals surface area contributed by atoms with E-state index in [0.29, 0.717) is 0 Å². The second kappa shape index (κ2) is 16.9. The lowest BCUT2D eigenvalue weighted by Gasteiger charge is -2.28. The van der Waals surface area contributed by atoms with Gasteiger partial charge in [-0.3, -0.25) is 0 Å². The molecule has 1 saturated heterocycles. The molecule has 5 aromatic carbocycles. The van der Waals surface area contributed by atoms with Crippen molar-refractivity contribution in [1.82, 2.24) is 0 Å². The molecule has 0 radical (unpaired) electrons. The third kappa shape index (κ3) is 8.76. The Morgan fingerprint density at radius 2 is 0.788 bits per heavy atom. The molecule has 0 saturated carbocycles. The smallest absolute Gasteiger partial charge is 0.340 e. The number of rotatable bonds is 12. The van der Waals surface area contributed by atoms with E-state index in [2.05, 4.69) is 0 Å². The summed E-state index contributed by atoms with van der Waals surface area (Å²) in [6.45, 7) is -0.588. The molecule has 0 aromatic heterocycles. The van der Waals surface area contributed by atoms with E-state index < -0.39 is 67.2 Å². The van der Waals surface area contributed by atoms with E-state index in [0.717, 1.165) is 0 Å². The third-order valence-corrected chi connectivity index (χ3v) is 7.97. The third-order valence-electron chi connectivity index (χ3n) is 7.97. The van der Waals surface area contributed by atoms with Crippen molar-refractivity contribution in [2.75, 3.05) is 6.61 Å². The summed E-state index contributed by atoms with van der Waals surface area (Å²) in [6, 6.07) is 40.1. The second-order valence-electron chi connectivity index (χ2n) is 11.5. The molecule has 1 heterocycles. The number of hydrogen-bond acceptors (Lipinski definition) is 11. The largest absolute Gasteiger partial charge is 0.458 e. The summed E-state index contributed by atoms with van der Waals surface area (Å²) in [6.07, 6.45) is -7.79. The van der Waals surface area contributed by atoms with Crippen LogP contribution in [-0.2, 0) is 28.4 Å². The van der Waals surface area contributed by atoms with Crippen LogP contribution in [0.4, 0.5) is 0 Å². The Hall–Kier alpha value is -6.59. The van der Waals surface area contributed by atoms with Gasteiger partial charge in [-0.15, -0.1) is 0 Å². The average Bonchev–Trinajstić information content (AvgIpc) is 3.52. The van der Waals surface area contributed by atoms with Crippen LogP contribution in [0, 0.1) is 0 Å². The van der Waals surface area contributed by atoms with Gasteiger partial charge in [-0.2, -0.15) is 0 Å². The van der Waals surface area contributed by atoms with E-state index in [1.165, 1.54) is 48.5 Å². The lowest BCUT2D eigenvalue weighted by Crippen LogP contribution is -2.47. The summed E-state index contributed by atoms with van der Waals surface area (Å²) in [5.41, 5.74) is 0.837. The number of carbonyl (C=O) groups excluding carboxylic acids is 5. The lowest BCUT2D eigenvalue weighted by molar-refractivity contribution is -0.156. The van der Waals surface area contributed by atoms with Crippen molar-refractivity contribution in [3.63, 3.8) is 0 Å². The molecule has 1 aliphatic heterocycles. The molecular weight excluding hydrogens is 668 g/mol. The maximum atomic E-state index is 13.6. The van der Waals surface area contributed by atoms with Gasteiger partial charge in [0.1, 0.15) is 12.7 Å². The van der Waals surface area contributed by atoms with Gasteiger partial charge in [0, 0.05) is 0 Å². The monoisotopic (exact) mass is 700 g/mol. The van der Waals surface area contributed by atoms with E-state index in [4.69, 9.17) is 28.4 Å². The maximum Gasteiger partial charge on any atom is 0.340 e. The number of ether oxygens (including phenoxy) is 6. The normalized spacial score (nSPS) is 18.3. The van der Waals surface area contributed by atoms with Crippen LogP contribution >= 0.6 is 0 Å². The van der Waals surface area contributed by atoms with Crippen LogP contribution < -0.4 is 0 Å². The van der Waals surface area contributed by atoms with Crippen LogP contribution in [0.5, 0.6) is 0 Å². The van der Waals surface area contributed by atoms with Crippen molar-refractivity contribution >= 4 is 29.8 Å². The minimum Gasteiger partial charge on any atom is -0.458 e. The van der Waals surface area contributed by atoms with Gasteiger partial charge >= 0.3 is 29.8 Å². The minimum atomic E-state index is -1.68. The first-order chi connectivity index (χ1) is 25.4. The van der Waals surface area contributed by atoms with Gasteiger partial charge in [0.15, 0.2) is 12.2 Å². The summed E-state index contributed by atoms with van der Waals surface area (Å²) >= 11 is 0. The number of benzene rings is 5. The first-order valence-electron chi connectivity index (χ1n) is 16.3. The molecule has 52 heavy (non-hydrogen) atoms. The highest BCUT2D eigenvalue weighted by Gasteiger charge is 2.56.